The van der Waals surface area contributed by atoms with Gasteiger partial charge in [0.2, 0.25) is 5.91 Å². The van der Waals surface area contributed by atoms with E-state index in [1.807, 2.05) is 44.2 Å². The third kappa shape index (κ3) is 4.23. The summed E-state index contributed by atoms with van der Waals surface area (Å²) in [5, 5.41) is 7.67. The zero-order chi connectivity index (χ0) is 24.5. The van der Waals surface area contributed by atoms with Gasteiger partial charge in [0.25, 0.3) is 5.91 Å². The number of hydrogen-bond acceptors (Lipinski definition) is 6. The van der Waals surface area contributed by atoms with Crippen molar-refractivity contribution >= 4 is 40.2 Å². The van der Waals surface area contributed by atoms with E-state index < -0.39 is 18.5 Å². The quantitative estimate of drug-likeness (QED) is 0.446. The Morgan fingerprint density at radius 1 is 1.09 bits per heavy atom. The van der Waals surface area contributed by atoms with Crippen molar-refractivity contribution in [3.05, 3.63) is 72.4 Å². The average Bonchev–Trinajstić information content (AvgIpc) is 3.31. The number of carbonyl (C=O) groups excluding carboxylic acids is 3. The highest BCUT2D eigenvalue weighted by Gasteiger charge is 2.28. The van der Waals surface area contributed by atoms with E-state index in [0.29, 0.717) is 28.1 Å². The van der Waals surface area contributed by atoms with Gasteiger partial charge in [-0.2, -0.15) is 5.10 Å². The maximum absolute atomic E-state index is 13.2. The fourth-order valence-electron chi connectivity index (χ4n) is 4.06. The van der Waals surface area contributed by atoms with Crippen molar-refractivity contribution in [3.8, 4) is 11.3 Å². The van der Waals surface area contributed by atoms with Gasteiger partial charge in [-0.15, -0.1) is 0 Å². The molecular formula is C26H23N5O4. The van der Waals surface area contributed by atoms with E-state index in [4.69, 9.17) is 9.72 Å². The molecule has 1 aliphatic rings. The Morgan fingerprint density at radius 3 is 2.60 bits per heavy atom. The standard InChI is InChI=1S/C26H23N5O4/c1-16(2)31-25-19(13-27-31)18(12-21(29-25)17-8-4-3-5-9-17)26(34)35-15-24(33)30-14-23(32)28-20-10-6-7-11-22(20)30/h3-13,16H,14-15H2,1-2H3,(H,28,32). The molecule has 0 unspecified atom stereocenters. The van der Waals surface area contributed by atoms with E-state index in [9.17, 15) is 14.4 Å². The topological polar surface area (TPSA) is 106 Å². The number of fused-ring (bicyclic) bond motifs is 2. The number of nitrogens with one attached hydrogen (secondary N) is 1. The minimum Gasteiger partial charge on any atom is -0.452 e. The molecule has 2 aromatic carbocycles. The summed E-state index contributed by atoms with van der Waals surface area (Å²) in [5.41, 5.74) is 3.36. The summed E-state index contributed by atoms with van der Waals surface area (Å²) in [6, 6.07) is 18.2. The fraction of sp³-hybridized carbons (Fsp3) is 0.192. The molecule has 0 fully saturated rings. The number of amides is 2. The lowest BCUT2D eigenvalue weighted by atomic mass is 10.1. The first-order chi connectivity index (χ1) is 16.9. The molecule has 0 atom stereocenters. The van der Waals surface area contributed by atoms with Crippen molar-refractivity contribution < 1.29 is 19.1 Å². The van der Waals surface area contributed by atoms with Crippen molar-refractivity contribution in [2.75, 3.05) is 23.4 Å². The third-order valence-electron chi connectivity index (χ3n) is 5.74. The van der Waals surface area contributed by atoms with E-state index in [-0.39, 0.29) is 24.1 Å². The normalized spacial score (nSPS) is 13.0. The predicted molar refractivity (Wildman–Crippen MR) is 131 cm³/mol. The molecule has 9 heteroatoms. The lowest BCUT2D eigenvalue weighted by Crippen LogP contribution is -2.44. The number of benzene rings is 2. The fourth-order valence-corrected chi connectivity index (χ4v) is 4.06. The first-order valence-electron chi connectivity index (χ1n) is 11.2. The van der Waals surface area contributed by atoms with E-state index in [1.165, 1.54) is 4.90 Å². The molecule has 0 radical (unpaired) electrons. The molecule has 0 saturated carbocycles. The van der Waals surface area contributed by atoms with Crippen LogP contribution < -0.4 is 10.2 Å². The van der Waals surface area contributed by atoms with Crippen LogP contribution in [0.1, 0.15) is 30.2 Å². The number of para-hydroxylation sites is 2. The Labute approximate surface area is 201 Å². The van der Waals surface area contributed by atoms with Crippen LogP contribution in [-0.4, -0.2) is 45.7 Å². The second-order valence-electron chi connectivity index (χ2n) is 8.46. The predicted octanol–water partition coefficient (Wildman–Crippen LogP) is 3.82. The van der Waals surface area contributed by atoms with Gasteiger partial charge in [0.05, 0.1) is 34.2 Å². The lowest BCUT2D eigenvalue weighted by molar-refractivity contribution is -0.124. The monoisotopic (exact) mass is 469 g/mol. The summed E-state index contributed by atoms with van der Waals surface area (Å²) >= 11 is 0. The average molecular weight is 470 g/mol. The van der Waals surface area contributed by atoms with Crippen molar-refractivity contribution in [1.82, 2.24) is 14.8 Å². The lowest BCUT2D eigenvalue weighted by Gasteiger charge is -2.28. The highest BCUT2D eigenvalue weighted by molar-refractivity contribution is 6.11. The van der Waals surface area contributed by atoms with Crippen LogP contribution in [0.15, 0.2) is 66.9 Å². The Kier molecular flexibility index (Phi) is 5.74. The van der Waals surface area contributed by atoms with Gasteiger partial charge in [-0.05, 0) is 32.0 Å². The largest absolute Gasteiger partial charge is 0.452 e. The van der Waals surface area contributed by atoms with Gasteiger partial charge in [-0.25, -0.2) is 14.5 Å². The smallest absolute Gasteiger partial charge is 0.339 e. The molecule has 4 aromatic rings. The van der Waals surface area contributed by atoms with Crippen molar-refractivity contribution in [3.63, 3.8) is 0 Å². The first kappa shape index (κ1) is 22.3. The second kappa shape index (κ2) is 9.02. The Bertz CT molecular complexity index is 1440. The molecule has 0 aliphatic carbocycles. The Hall–Kier alpha value is -4.53. The molecule has 1 N–H and O–H groups in total. The number of aromatic nitrogens is 3. The zero-order valence-electron chi connectivity index (χ0n) is 19.3. The van der Waals surface area contributed by atoms with Gasteiger partial charge in [0.15, 0.2) is 12.3 Å². The number of carbonyl (C=O) groups is 3. The summed E-state index contributed by atoms with van der Waals surface area (Å²) < 4.78 is 7.18. The van der Waals surface area contributed by atoms with Crippen LogP contribution >= 0.6 is 0 Å². The van der Waals surface area contributed by atoms with Crippen molar-refractivity contribution in [2.45, 2.75) is 19.9 Å². The summed E-state index contributed by atoms with van der Waals surface area (Å²) in [7, 11) is 0. The van der Waals surface area contributed by atoms with Gasteiger partial charge >= 0.3 is 5.97 Å². The van der Waals surface area contributed by atoms with Crippen molar-refractivity contribution in [1.29, 1.82) is 0 Å². The maximum Gasteiger partial charge on any atom is 0.339 e. The van der Waals surface area contributed by atoms with Gasteiger partial charge in [0, 0.05) is 11.6 Å². The minimum absolute atomic E-state index is 0.0294. The van der Waals surface area contributed by atoms with Crippen LogP contribution in [-0.2, 0) is 14.3 Å². The molecule has 1 aliphatic heterocycles. The molecule has 3 heterocycles. The Balaban J connectivity index is 1.44. The van der Waals surface area contributed by atoms with Crippen molar-refractivity contribution in [2.24, 2.45) is 0 Å². The molecule has 0 saturated heterocycles. The molecule has 2 aromatic heterocycles. The molecule has 0 spiro atoms. The molecule has 0 bridgehead atoms. The van der Waals surface area contributed by atoms with Crippen LogP contribution in [0.3, 0.4) is 0 Å². The van der Waals surface area contributed by atoms with E-state index in [1.54, 1.807) is 41.2 Å². The number of esters is 1. The zero-order valence-corrected chi connectivity index (χ0v) is 19.3. The van der Waals surface area contributed by atoms with Crippen LogP contribution in [0.4, 0.5) is 11.4 Å². The Morgan fingerprint density at radius 2 is 1.83 bits per heavy atom. The third-order valence-corrected chi connectivity index (χ3v) is 5.74. The maximum atomic E-state index is 13.2. The molecular weight excluding hydrogens is 446 g/mol. The van der Waals surface area contributed by atoms with Gasteiger partial charge in [0.1, 0.15) is 6.54 Å². The number of nitrogens with zero attached hydrogens (tertiary/aromatic N) is 4. The number of hydrogen-bond donors (Lipinski definition) is 1. The summed E-state index contributed by atoms with van der Waals surface area (Å²) in [6.45, 7) is 3.30. The highest BCUT2D eigenvalue weighted by atomic mass is 16.5. The molecule has 176 valence electrons. The molecule has 35 heavy (non-hydrogen) atoms. The molecule has 5 rings (SSSR count). The van der Waals surface area contributed by atoms with Crippen LogP contribution in [0, 0.1) is 0 Å². The summed E-state index contributed by atoms with van der Waals surface area (Å²) in [6.07, 6.45) is 1.58. The first-order valence-corrected chi connectivity index (χ1v) is 11.2. The van der Waals surface area contributed by atoms with Gasteiger partial charge in [-0.3, -0.25) is 14.5 Å². The molecule has 2 amide bonds. The van der Waals surface area contributed by atoms with E-state index in [0.717, 1.165) is 5.56 Å². The molecule has 9 nitrogen and oxygen atoms in total. The number of pyridine rings is 1. The van der Waals surface area contributed by atoms with Gasteiger partial charge in [-0.1, -0.05) is 42.5 Å². The number of ether oxygens (including phenoxy) is 1. The SMILES string of the molecule is CC(C)n1ncc2c(C(=O)OCC(=O)N3CC(=O)Nc4ccccc43)cc(-c3ccccc3)nc21. The minimum atomic E-state index is -0.666. The summed E-state index contributed by atoms with van der Waals surface area (Å²) in [4.78, 5) is 44.2. The number of anilines is 2. The van der Waals surface area contributed by atoms with Crippen LogP contribution in [0.25, 0.3) is 22.3 Å². The highest BCUT2D eigenvalue weighted by Crippen LogP contribution is 2.29. The summed E-state index contributed by atoms with van der Waals surface area (Å²) in [5.74, 6) is -1.47. The van der Waals surface area contributed by atoms with Crippen LogP contribution in [0.5, 0.6) is 0 Å². The van der Waals surface area contributed by atoms with Gasteiger partial charge < -0.3 is 10.1 Å². The van der Waals surface area contributed by atoms with E-state index in [2.05, 4.69) is 10.4 Å². The van der Waals surface area contributed by atoms with E-state index >= 15 is 0 Å². The number of rotatable bonds is 5. The second-order valence-corrected chi connectivity index (χ2v) is 8.46. The van der Waals surface area contributed by atoms with Crippen LogP contribution in [0.2, 0.25) is 0 Å².